The van der Waals surface area contributed by atoms with Gasteiger partial charge in [0.1, 0.15) is 17.5 Å². The summed E-state index contributed by atoms with van der Waals surface area (Å²) in [6.07, 6.45) is 4.14. The van der Waals surface area contributed by atoms with Gasteiger partial charge >= 0.3 is 5.97 Å². The number of hydrogen-bond donors (Lipinski definition) is 0. The first-order valence-electron chi connectivity index (χ1n) is 13.3. The molecule has 0 radical (unpaired) electrons. The summed E-state index contributed by atoms with van der Waals surface area (Å²) in [5, 5.41) is 8.30. The maximum atomic E-state index is 12.8. The Hall–Kier alpha value is -3.30. The number of methoxy groups -OCH3 is 1. The van der Waals surface area contributed by atoms with E-state index in [1.807, 2.05) is 51.4 Å². The maximum absolute atomic E-state index is 12.8. The highest BCUT2D eigenvalue weighted by Crippen LogP contribution is 2.39. The van der Waals surface area contributed by atoms with E-state index in [9.17, 15) is 4.79 Å². The fourth-order valence-electron chi connectivity index (χ4n) is 4.85. The standard InChI is InChI=1S/C29H39N5O4/c1-7-24-17-33(18-25-26(38-24)10-9-13-30-25)15-22-14-21(12-11-20(22)3)27(29(4,5)28(35)36-6)37-19-23-16-34(8-2)32-31-23/h9-14,16,24,27H,7-8,15,17-19H2,1-6H3/t24-,27-/m1/s1. The lowest BCUT2D eigenvalue weighted by atomic mass is 9.81. The molecule has 0 N–H and O–H groups in total. The fraction of sp³-hybridized carbons (Fsp3) is 0.517. The fourth-order valence-corrected chi connectivity index (χ4v) is 4.85. The van der Waals surface area contributed by atoms with Crippen molar-refractivity contribution in [3.8, 4) is 5.75 Å². The third kappa shape index (κ3) is 6.22. The summed E-state index contributed by atoms with van der Waals surface area (Å²) < 4.78 is 19.5. The minimum atomic E-state index is -0.922. The smallest absolute Gasteiger partial charge is 0.314 e. The van der Waals surface area contributed by atoms with Crippen LogP contribution in [0.2, 0.25) is 0 Å². The van der Waals surface area contributed by atoms with Crippen LogP contribution in [0.15, 0.2) is 42.7 Å². The highest BCUT2D eigenvalue weighted by Gasteiger charge is 2.40. The molecule has 3 heterocycles. The largest absolute Gasteiger partial charge is 0.487 e. The van der Waals surface area contributed by atoms with Gasteiger partial charge in [-0.3, -0.25) is 19.4 Å². The van der Waals surface area contributed by atoms with Gasteiger partial charge in [0.15, 0.2) is 0 Å². The summed E-state index contributed by atoms with van der Waals surface area (Å²) >= 11 is 0. The normalized spacial score (nSPS) is 16.8. The van der Waals surface area contributed by atoms with Crippen molar-refractivity contribution >= 4 is 5.97 Å². The van der Waals surface area contributed by atoms with E-state index in [-0.39, 0.29) is 18.7 Å². The summed E-state index contributed by atoms with van der Waals surface area (Å²) in [5.41, 5.74) is 4.00. The van der Waals surface area contributed by atoms with Gasteiger partial charge in [-0.1, -0.05) is 30.3 Å². The van der Waals surface area contributed by atoms with Crippen molar-refractivity contribution in [2.24, 2.45) is 5.41 Å². The van der Waals surface area contributed by atoms with Crippen LogP contribution in [-0.4, -0.2) is 50.6 Å². The Morgan fingerprint density at radius 1 is 1.26 bits per heavy atom. The van der Waals surface area contributed by atoms with Crippen LogP contribution in [0.5, 0.6) is 5.75 Å². The summed E-state index contributed by atoms with van der Waals surface area (Å²) in [7, 11) is 1.41. The van der Waals surface area contributed by atoms with Crippen LogP contribution >= 0.6 is 0 Å². The van der Waals surface area contributed by atoms with Gasteiger partial charge in [-0.05, 0) is 62.9 Å². The van der Waals surface area contributed by atoms with Gasteiger partial charge in [0.05, 0.1) is 37.1 Å². The number of fused-ring (bicyclic) bond motifs is 1. The molecule has 204 valence electrons. The number of nitrogens with zero attached hydrogens (tertiary/aromatic N) is 5. The Labute approximate surface area is 225 Å². The molecule has 9 nitrogen and oxygen atoms in total. The number of aryl methyl sites for hydroxylation is 2. The predicted molar refractivity (Wildman–Crippen MR) is 143 cm³/mol. The molecule has 0 amide bonds. The van der Waals surface area contributed by atoms with E-state index in [2.05, 4.69) is 46.2 Å². The van der Waals surface area contributed by atoms with Crippen LogP contribution in [-0.2, 0) is 40.5 Å². The second kappa shape index (κ2) is 12.0. The zero-order chi connectivity index (χ0) is 27.3. The molecule has 0 saturated carbocycles. The van der Waals surface area contributed by atoms with Gasteiger partial charge < -0.3 is 14.2 Å². The molecule has 1 aromatic carbocycles. The monoisotopic (exact) mass is 521 g/mol. The van der Waals surface area contributed by atoms with Crippen molar-refractivity contribution in [1.82, 2.24) is 24.9 Å². The third-order valence-corrected chi connectivity index (χ3v) is 7.18. The van der Waals surface area contributed by atoms with E-state index in [4.69, 9.17) is 14.2 Å². The van der Waals surface area contributed by atoms with Crippen LogP contribution in [0, 0.1) is 12.3 Å². The third-order valence-electron chi connectivity index (χ3n) is 7.18. The molecule has 0 aliphatic carbocycles. The molecular weight excluding hydrogens is 482 g/mol. The average molecular weight is 522 g/mol. The Kier molecular flexibility index (Phi) is 8.79. The number of benzene rings is 1. The molecule has 2 aromatic heterocycles. The number of carbonyl (C=O) groups excluding carboxylic acids is 1. The summed E-state index contributed by atoms with van der Waals surface area (Å²) in [6, 6.07) is 10.2. The van der Waals surface area contributed by atoms with Crippen molar-refractivity contribution in [2.75, 3.05) is 13.7 Å². The van der Waals surface area contributed by atoms with Gasteiger partial charge in [-0.25, -0.2) is 0 Å². The number of hydrogen-bond acceptors (Lipinski definition) is 8. The first kappa shape index (κ1) is 27.7. The van der Waals surface area contributed by atoms with E-state index in [0.717, 1.165) is 43.1 Å². The number of rotatable bonds is 10. The van der Waals surface area contributed by atoms with Gasteiger partial charge in [0.25, 0.3) is 0 Å². The van der Waals surface area contributed by atoms with Crippen molar-refractivity contribution in [1.29, 1.82) is 0 Å². The Morgan fingerprint density at radius 2 is 2.08 bits per heavy atom. The molecule has 3 aromatic rings. The molecule has 0 unspecified atom stereocenters. The van der Waals surface area contributed by atoms with Crippen molar-refractivity contribution in [2.45, 2.75) is 79.5 Å². The van der Waals surface area contributed by atoms with Crippen LogP contribution in [0.4, 0.5) is 0 Å². The highest BCUT2D eigenvalue weighted by atomic mass is 16.5. The van der Waals surface area contributed by atoms with Crippen molar-refractivity contribution in [3.63, 3.8) is 0 Å². The van der Waals surface area contributed by atoms with E-state index < -0.39 is 11.5 Å². The molecule has 1 aliphatic rings. The lowest BCUT2D eigenvalue weighted by molar-refractivity contribution is -0.162. The predicted octanol–water partition coefficient (Wildman–Crippen LogP) is 4.63. The lowest BCUT2D eigenvalue weighted by Crippen LogP contribution is -2.34. The van der Waals surface area contributed by atoms with E-state index in [1.54, 1.807) is 4.68 Å². The van der Waals surface area contributed by atoms with Crippen LogP contribution in [0.25, 0.3) is 0 Å². The Balaban J connectivity index is 1.62. The minimum absolute atomic E-state index is 0.0924. The van der Waals surface area contributed by atoms with E-state index in [0.29, 0.717) is 12.2 Å². The van der Waals surface area contributed by atoms with Gasteiger partial charge in [0.2, 0.25) is 0 Å². The molecule has 0 bridgehead atoms. The van der Waals surface area contributed by atoms with Crippen molar-refractivity contribution in [3.05, 3.63) is 70.8 Å². The molecule has 9 heteroatoms. The molecular formula is C29H39N5O4. The zero-order valence-corrected chi connectivity index (χ0v) is 23.3. The van der Waals surface area contributed by atoms with Crippen LogP contribution < -0.4 is 4.74 Å². The SMILES string of the molecule is CC[C@@H]1CN(Cc2cc([C@@H](OCc3cn(CC)nn3)C(C)(C)C(=O)OC)ccc2C)Cc2ncccc2O1. The first-order valence-corrected chi connectivity index (χ1v) is 13.3. The summed E-state index contributed by atoms with van der Waals surface area (Å²) in [4.78, 5) is 19.8. The summed E-state index contributed by atoms with van der Waals surface area (Å²) in [6.45, 7) is 13.2. The van der Waals surface area contributed by atoms with Gasteiger partial charge in [-0.2, -0.15) is 0 Å². The molecule has 0 spiro atoms. The Morgan fingerprint density at radius 3 is 2.79 bits per heavy atom. The number of carbonyl (C=O) groups is 1. The highest BCUT2D eigenvalue weighted by molar-refractivity contribution is 5.77. The quantitative estimate of drug-likeness (QED) is 0.357. The number of esters is 1. The van der Waals surface area contributed by atoms with E-state index >= 15 is 0 Å². The van der Waals surface area contributed by atoms with Gasteiger partial charge in [-0.15, -0.1) is 5.10 Å². The average Bonchev–Trinajstić information content (AvgIpc) is 3.30. The molecule has 38 heavy (non-hydrogen) atoms. The maximum Gasteiger partial charge on any atom is 0.314 e. The topological polar surface area (TPSA) is 91.6 Å². The number of pyridine rings is 1. The lowest BCUT2D eigenvalue weighted by Gasteiger charge is -2.32. The molecule has 2 atom stereocenters. The summed E-state index contributed by atoms with van der Waals surface area (Å²) in [5.74, 6) is 0.528. The molecule has 0 saturated heterocycles. The van der Waals surface area contributed by atoms with E-state index in [1.165, 1.54) is 18.2 Å². The minimum Gasteiger partial charge on any atom is -0.487 e. The molecule has 4 rings (SSSR count). The first-order chi connectivity index (χ1) is 18.2. The Bertz CT molecular complexity index is 1240. The second-order valence-corrected chi connectivity index (χ2v) is 10.4. The second-order valence-electron chi connectivity index (χ2n) is 10.4. The van der Waals surface area contributed by atoms with Gasteiger partial charge in [0, 0.05) is 32.4 Å². The van der Waals surface area contributed by atoms with Crippen LogP contribution in [0.3, 0.4) is 0 Å². The van der Waals surface area contributed by atoms with Crippen molar-refractivity contribution < 1.29 is 19.0 Å². The number of aromatic nitrogens is 4. The zero-order valence-electron chi connectivity index (χ0n) is 23.3. The number of ether oxygens (including phenoxy) is 3. The van der Waals surface area contributed by atoms with Crippen LogP contribution in [0.1, 0.15) is 68.3 Å². The molecule has 0 fully saturated rings. The molecule has 1 aliphatic heterocycles.